The molecule has 0 saturated carbocycles. The van der Waals surface area contributed by atoms with Gasteiger partial charge in [-0.15, -0.1) is 0 Å². The Morgan fingerprint density at radius 2 is 1.18 bits per heavy atom. The van der Waals surface area contributed by atoms with Gasteiger partial charge in [0.2, 0.25) is 0 Å². The van der Waals surface area contributed by atoms with E-state index >= 15 is 0 Å². The van der Waals surface area contributed by atoms with Crippen molar-refractivity contribution in [3.05, 3.63) is 0 Å². The van der Waals surface area contributed by atoms with Gasteiger partial charge in [0, 0.05) is 39.5 Å². The molecule has 8 heteroatoms. The van der Waals surface area contributed by atoms with Crippen molar-refractivity contribution in [3.8, 4) is 0 Å². The number of rotatable bonds is 22. The largest absolute Gasteiger partial charge is 0.500 e. The van der Waals surface area contributed by atoms with Gasteiger partial charge >= 0.3 is 8.80 Å². The van der Waals surface area contributed by atoms with Gasteiger partial charge < -0.3 is 32.4 Å². The van der Waals surface area contributed by atoms with E-state index in [2.05, 4.69) is 11.8 Å². The van der Waals surface area contributed by atoms with Crippen molar-refractivity contribution in [1.82, 2.24) is 4.90 Å². The molecule has 0 atom stereocenters. The molecule has 170 valence electrons. The van der Waals surface area contributed by atoms with Crippen LogP contribution in [-0.2, 0) is 27.5 Å². The normalized spacial score (nSPS) is 12.2. The summed E-state index contributed by atoms with van der Waals surface area (Å²) in [5.74, 6) is 0. The van der Waals surface area contributed by atoms with Crippen LogP contribution in [0, 0.1) is 0 Å². The average Bonchev–Trinajstić information content (AvgIpc) is 2.68. The fourth-order valence-corrected chi connectivity index (χ4v) is 5.49. The Bertz CT molecular complexity index is 308. The van der Waals surface area contributed by atoms with Gasteiger partial charge in [-0.1, -0.05) is 13.3 Å². The molecule has 0 radical (unpaired) electrons. The quantitative estimate of drug-likeness (QED) is 0.196. The van der Waals surface area contributed by atoms with Gasteiger partial charge in [0.15, 0.2) is 0 Å². The molecule has 0 fully saturated rings. The van der Waals surface area contributed by atoms with Gasteiger partial charge in [-0.05, 0) is 46.7 Å². The molecule has 0 N–H and O–H groups in total. The standard InChI is InChI=1S/C20H45NO6Si/c1-6-10-12-21(14-15-23-18-19-24-17-16-22-5)13-11-20-28(25-7-2,26-8-3)27-9-4/h6-20H2,1-5H3. The summed E-state index contributed by atoms with van der Waals surface area (Å²) < 4.78 is 33.9. The smallest absolute Gasteiger partial charge is 0.382 e. The van der Waals surface area contributed by atoms with Crippen molar-refractivity contribution in [1.29, 1.82) is 0 Å². The second kappa shape index (κ2) is 20.2. The van der Waals surface area contributed by atoms with Gasteiger partial charge in [0.05, 0.1) is 33.0 Å². The van der Waals surface area contributed by atoms with Crippen LogP contribution in [0.25, 0.3) is 0 Å². The Morgan fingerprint density at radius 3 is 1.71 bits per heavy atom. The molecule has 0 amide bonds. The number of unbranched alkanes of at least 4 members (excludes halogenated alkanes) is 1. The molecule has 0 aliphatic heterocycles. The summed E-state index contributed by atoms with van der Waals surface area (Å²) in [4.78, 5) is 2.47. The highest BCUT2D eigenvalue weighted by molar-refractivity contribution is 6.60. The molecule has 7 nitrogen and oxygen atoms in total. The summed E-state index contributed by atoms with van der Waals surface area (Å²) in [6, 6.07) is 0.860. The molecule has 0 unspecified atom stereocenters. The number of hydrogen-bond acceptors (Lipinski definition) is 7. The van der Waals surface area contributed by atoms with Gasteiger partial charge in [-0.25, -0.2) is 0 Å². The van der Waals surface area contributed by atoms with Crippen molar-refractivity contribution in [2.75, 3.05) is 79.6 Å². The molecule has 0 heterocycles. The molecule has 0 aromatic heterocycles. The lowest BCUT2D eigenvalue weighted by atomic mass is 10.3. The Balaban J connectivity index is 4.23. The Hall–Kier alpha value is -0.0631. The minimum Gasteiger partial charge on any atom is -0.382 e. The van der Waals surface area contributed by atoms with Crippen LogP contribution in [0.3, 0.4) is 0 Å². The van der Waals surface area contributed by atoms with Gasteiger partial charge in [-0.3, -0.25) is 0 Å². The Morgan fingerprint density at radius 1 is 0.643 bits per heavy atom. The number of nitrogens with zero attached hydrogens (tertiary/aromatic N) is 1. The van der Waals surface area contributed by atoms with Crippen LogP contribution < -0.4 is 0 Å². The first kappa shape index (κ1) is 27.9. The molecule has 28 heavy (non-hydrogen) atoms. The van der Waals surface area contributed by atoms with E-state index in [0.29, 0.717) is 46.2 Å². The zero-order valence-electron chi connectivity index (χ0n) is 19.0. The molecule has 0 bridgehead atoms. The monoisotopic (exact) mass is 423 g/mol. The predicted molar refractivity (Wildman–Crippen MR) is 115 cm³/mol. The van der Waals surface area contributed by atoms with Crippen molar-refractivity contribution in [2.24, 2.45) is 0 Å². The van der Waals surface area contributed by atoms with Gasteiger partial charge in [0.1, 0.15) is 0 Å². The van der Waals surface area contributed by atoms with Crippen LogP contribution in [0.15, 0.2) is 0 Å². The third-order valence-corrected chi connectivity index (χ3v) is 7.39. The Labute approximate surface area is 174 Å². The molecule has 0 rings (SSSR count). The minimum absolute atomic E-state index is 0.615. The first-order valence-corrected chi connectivity index (χ1v) is 12.9. The fraction of sp³-hybridized carbons (Fsp3) is 1.00. The van der Waals surface area contributed by atoms with E-state index in [4.69, 9.17) is 27.5 Å². The van der Waals surface area contributed by atoms with Gasteiger partial charge in [-0.2, -0.15) is 0 Å². The fourth-order valence-electron chi connectivity index (χ4n) is 2.90. The van der Waals surface area contributed by atoms with E-state index in [9.17, 15) is 0 Å². The van der Waals surface area contributed by atoms with Gasteiger partial charge in [0.25, 0.3) is 0 Å². The molecular formula is C20H45NO6Si. The zero-order chi connectivity index (χ0) is 20.9. The molecule has 0 saturated heterocycles. The molecule has 0 aliphatic rings. The van der Waals surface area contributed by atoms with E-state index in [-0.39, 0.29) is 0 Å². The maximum atomic E-state index is 5.96. The number of hydrogen-bond donors (Lipinski definition) is 0. The molecular weight excluding hydrogens is 378 g/mol. The highest BCUT2D eigenvalue weighted by Gasteiger charge is 2.39. The third kappa shape index (κ3) is 14.9. The maximum absolute atomic E-state index is 5.96. The molecule has 0 aromatic carbocycles. The average molecular weight is 424 g/mol. The van der Waals surface area contributed by atoms with Crippen molar-refractivity contribution >= 4 is 8.80 Å². The minimum atomic E-state index is -2.54. The van der Waals surface area contributed by atoms with E-state index in [1.54, 1.807) is 7.11 Å². The summed E-state index contributed by atoms with van der Waals surface area (Å²) in [6.07, 6.45) is 3.40. The second-order valence-corrected chi connectivity index (χ2v) is 9.23. The lowest BCUT2D eigenvalue weighted by Gasteiger charge is -2.29. The lowest BCUT2D eigenvalue weighted by molar-refractivity contribution is 0.0192. The summed E-state index contributed by atoms with van der Waals surface area (Å²) in [5, 5.41) is 0. The molecule has 0 aromatic rings. The number of ether oxygens (including phenoxy) is 3. The van der Waals surface area contributed by atoms with Crippen LogP contribution >= 0.6 is 0 Å². The highest BCUT2D eigenvalue weighted by atomic mass is 28.4. The molecule has 0 spiro atoms. The highest BCUT2D eigenvalue weighted by Crippen LogP contribution is 2.18. The summed E-state index contributed by atoms with van der Waals surface area (Å²) in [6.45, 7) is 16.4. The number of methoxy groups -OCH3 is 1. The van der Waals surface area contributed by atoms with E-state index in [1.807, 2.05) is 20.8 Å². The van der Waals surface area contributed by atoms with Crippen LogP contribution in [0.1, 0.15) is 47.0 Å². The van der Waals surface area contributed by atoms with Crippen LogP contribution in [0.4, 0.5) is 0 Å². The van der Waals surface area contributed by atoms with Crippen molar-refractivity contribution < 1.29 is 27.5 Å². The van der Waals surface area contributed by atoms with Crippen molar-refractivity contribution in [2.45, 2.75) is 53.0 Å². The zero-order valence-corrected chi connectivity index (χ0v) is 20.0. The first-order valence-electron chi connectivity index (χ1n) is 11.0. The van der Waals surface area contributed by atoms with E-state index in [0.717, 1.165) is 38.7 Å². The lowest BCUT2D eigenvalue weighted by Crippen LogP contribution is -2.46. The summed E-state index contributed by atoms with van der Waals surface area (Å²) in [5.41, 5.74) is 0. The maximum Gasteiger partial charge on any atom is 0.500 e. The van der Waals surface area contributed by atoms with E-state index < -0.39 is 8.80 Å². The van der Waals surface area contributed by atoms with Crippen LogP contribution in [-0.4, -0.2) is 93.3 Å². The summed E-state index contributed by atoms with van der Waals surface area (Å²) >= 11 is 0. The topological polar surface area (TPSA) is 58.6 Å². The van der Waals surface area contributed by atoms with Crippen LogP contribution in [0.2, 0.25) is 6.04 Å². The van der Waals surface area contributed by atoms with Crippen molar-refractivity contribution in [3.63, 3.8) is 0 Å². The predicted octanol–water partition coefficient (Wildman–Crippen LogP) is 3.21. The first-order chi connectivity index (χ1) is 13.7. The summed E-state index contributed by atoms with van der Waals surface area (Å²) in [7, 11) is -0.863. The SMILES string of the molecule is CCCCN(CCC[Si](OCC)(OCC)OCC)CCOCCOCCOC. The Kier molecular flexibility index (Phi) is 20.2. The second-order valence-electron chi connectivity index (χ2n) is 6.50. The third-order valence-electron chi connectivity index (χ3n) is 4.23. The van der Waals surface area contributed by atoms with E-state index in [1.165, 1.54) is 12.8 Å². The van der Waals surface area contributed by atoms with Crippen LogP contribution in [0.5, 0.6) is 0 Å². The molecule has 0 aliphatic carbocycles.